The second-order valence-corrected chi connectivity index (χ2v) is 8.68. The third kappa shape index (κ3) is 3.83. The molecule has 2 aromatic rings. The molecule has 2 unspecified atom stereocenters. The number of nitrogens with zero attached hydrogens (tertiary/aromatic N) is 3. The van der Waals surface area contributed by atoms with Crippen LogP contribution in [0.25, 0.3) is 16.7 Å². The highest BCUT2D eigenvalue weighted by Gasteiger charge is 2.25. The fraction of sp³-hybridized carbons (Fsp3) is 0.360. The van der Waals surface area contributed by atoms with Crippen LogP contribution in [0.5, 0.6) is 0 Å². The fourth-order valence-electron chi connectivity index (χ4n) is 4.57. The van der Waals surface area contributed by atoms with E-state index in [-0.39, 0.29) is 11.8 Å². The Hall–Kier alpha value is -3.12. The van der Waals surface area contributed by atoms with Gasteiger partial charge in [0.15, 0.2) is 11.5 Å². The number of hydrogen-bond donors (Lipinski definition) is 1. The minimum Gasteiger partial charge on any atom is -0.441 e. The zero-order valence-corrected chi connectivity index (χ0v) is 18.3. The Morgan fingerprint density at radius 2 is 2.03 bits per heavy atom. The highest BCUT2D eigenvalue weighted by Crippen LogP contribution is 2.33. The van der Waals surface area contributed by atoms with Crippen molar-refractivity contribution < 1.29 is 9.21 Å². The van der Waals surface area contributed by atoms with Crippen molar-refractivity contribution in [1.29, 1.82) is 0 Å². The van der Waals surface area contributed by atoms with E-state index >= 15 is 0 Å². The lowest BCUT2D eigenvalue weighted by Gasteiger charge is -2.36. The quantitative estimate of drug-likeness (QED) is 0.803. The molecule has 6 heteroatoms. The summed E-state index contributed by atoms with van der Waals surface area (Å²) in [5.74, 6) is 0.849. The van der Waals surface area contributed by atoms with Crippen LogP contribution in [0, 0.1) is 12.8 Å². The lowest BCUT2D eigenvalue weighted by atomic mass is 9.89. The molecule has 1 saturated heterocycles. The van der Waals surface area contributed by atoms with Crippen LogP contribution in [0.15, 0.2) is 64.5 Å². The van der Waals surface area contributed by atoms with E-state index in [1.54, 1.807) is 11.0 Å². The minimum absolute atomic E-state index is 0.0192. The smallest absolute Gasteiger partial charge is 0.255 e. The number of carbonyl (C=O) groups excluding carboxylic acids is 1. The molecule has 2 atom stereocenters. The summed E-state index contributed by atoms with van der Waals surface area (Å²) in [7, 11) is 0. The predicted molar refractivity (Wildman–Crippen MR) is 122 cm³/mol. The Labute approximate surface area is 182 Å². The Morgan fingerprint density at radius 3 is 2.87 bits per heavy atom. The van der Waals surface area contributed by atoms with Gasteiger partial charge in [-0.2, -0.15) is 0 Å². The van der Waals surface area contributed by atoms with Crippen molar-refractivity contribution in [3.63, 3.8) is 0 Å². The summed E-state index contributed by atoms with van der Waals surface area (Å²) in [6.45, 7) is 9.04. The van der Waals surface area contributed by atoms with Gasteiger partial charge in [-0.25, -0.2) is 4.98 Å². The molecule has 4 heterocycles. The van der Waals surface area contributed by atoms with E-state index in [0.717, 1.165) is 59.7 Å². The molecule has 6 nitrogen and oxygen atoms in total. The molecule has 0 aliphatic carbocycles. The van der Waals surface area contributed by atoms with Gasteiger partial charge in [-0.1, -0.05) is 19.1 Å². The number of benzene rings is 1. The van der Waals surface area contributed by atoms with Gasteiger partial charge in [-0.15, -0.1) is 0 Å². The number of amides is 1. The van der Waals surface area contributed by atoms with Crippen LogP contribution in [0.3, 0.4) is 0 Å². The summed E-state index contributed by atoms with van der Waals surface area (Å²) in [6, 6.07) is 6.42. The summed E-state index contributed by atoms with van der Waals surface area (Å²) < 4.78 is 5.61. The average molecular weight is 417 g/mol. The SMILES string of the molecule is Cc1nc2cc(C3=CC(=O)N4C=C(N5CCNC(C)C5)C=CC4=CCC3C)ccc2o1. The van der Waals surface area contributed by atoms with E-state index in [1.165, 1.54) is 0 Å². The van der Waals surface area contributed by atoms with Gasteiger partial charge in [0.05, 0.1) is 5.70 Å². The molecule has 31 heavy (non-hydrogen) atoms. The molecule has 160 valence electrons. The van der Waals surface area contributed by atoms with Gasteiger partial charge in [-0.05, 0) is 54.7 Å². The zero-order valence-electron chi connectivity index (χ0n) is 18.3. The number of rotatable bonds is 2. The summed E-state index contributed by atoms with van der Waals surface area (Å²) in [4.78, 5) is 21.9. The van der Waals surface area contributed by atoms with Crippen LogP contribution >= 0.6 is 0 Å². The Bertz CT molecular complexity index is 1150. The maximum atomic E-state index is 13.4. The number of hydrogen-bond acceptors (Lipinski definition) is 5. The number of oxazole rings is 1. The first kappa shape index (κ1) is 19.8. The van der Waals surface area contributed by atoms with E-state index in [1.807, 2.05) is 31.3 Å². The molecule has 1 aromatic carbocycles. The number of carbonyl (C=O) groups is 1. The van der Waals surface area contributed by atoms with Crippen LogP contribution in [-0.2, 0) is 4.79 Å². The summed E-state index contributed by atoms with van der Waals surface area (Å²) in [6.07, 6.45) is 11.0. The monoisotopic (exact) mass is 416 g/mol. The third-order valence-electron chi connectivity index (χ3n) is 6.25. The molecule has 5 rings (SSSR count). The number of aryl methyl sites for hydroxylation is 1. The number of fused-ring (bicyclic) bond motifs is 2. The van der Waals surface area contributed by atoms with Crippen LogP contribution < -0.4 is 5.32 Å². The van der Waals surface area contributed by atoms with E-state index in [0.29, 0.717) is 11.9 Å². The standard InChI is InChI=1S/C25H28N4O2/c1-16-4-6-20-7-8-21(28-11-10-26-17(2)14-28)15-29(20)25(30)13-22(16)19-5-9-24-23(12-19)27-18(3)31-24/h5-9,12-13,15-17,26H,4,10-11,14H2,1-3H3. The summed E-state index contributed by atoms with van der Waals surface area (Å²) >= 11 is 0. The van der Waals surface area contributed by atoms with Gasteiger partial charge >= 0.3 is 0 Å². The molecule has 0 radical (unpaired) electrons. The Morgan fingerprint density at radius 1 is 1.19 bits per heavy atom. The van der Waals surface area contributed by atoms with Crippen LogP contribution in [-0.4, -0.2) is 46.4 Å². The zero-order chi connectivity index (χ0) is 21.5. The maximum absolute atomic E-state index is 13.4. The minimum atomic E-state index is -0.0192. The number of piperazine rings is 1. The molecular formula is C25H28N4O2. The van der Waals surface area contributed by atoms with Crippen molar-refractivity contribution in [3.05, 3.63) is 71.6 Å². The van der Waals surface area contributed by atoms with Crippen molar-refractivity contribution in [2.75, 3.05) is 19.6 Å². The number of nitrogens with one attached hydrogen (secondary N) is 1. The molecule has 0 bridgehead atoms. The second kappa shape index (κ2) is 7.85. The molecule has 1 amide bonds. The van der Waals surface area contributed by atoms with Crippen LogP contribution in [0.4, 0.5) is 0 Å². The fourth-order valence-corrected chi connectivity index (χ4v) is 4.57. The molecule has 3 aliphatic heterocycles. The Balaban J connectivity index is 1.48. The van der Waals surface area contributed by atoms with E-state index in [2.05, 4.69) is 47.3 Å². The largest absolute Gasteiger partial charge is 0.441 e. The maximum Gasteiger partial charge on any atom is 0.255 e. The molecule has 0 saturated carbocycles. The van der Waals surface area contributed by atoms with Gasteiger partial charge in [-0.3, -0.25) is 9.69 Å². The van der Waals surface area contributed by atoms with Gasteiger partial charge in [0.1, 0.15) is 5.52 Å². The Kier molecular flexibility index (Phi) is 5.02. The molecule has 1 fully saturated rings. The first-order valence-electron chi connectivity index (χ1n) is 11.0. The van der Waals surface area contributed by atoms with Gasteiger partial charge in [0.2, 0.25) is 0 Å². The molecular weight excluding hydrogens is 388 g/mol. The lowest BCUT2D eigenvalue weighted by molar-refractivity contribution is -0.122. The van der Waals surface area contributed by atoms with Crippen LogP contribution in [0.1, 0.15) is 31.7 Å². The van der Waals surface area contributed by atoms with Gasteiger partial charge < -0.3 is 14.6 Å². The average Bonchev–Trinajstić information content (AvgIpc) is 3.14. The predicted octanol–water partition coefficient (Wildman–Crippen LogP) is 3.98. The number of aromatic nitrogens is 1. The lowest BCUT2D eigenvalue weighted by Crippen LogP contribution is -2.48. The van der Waals surface area contributed by atoms with E-state index in [4.69, 9.17) is 4.42 Å². The van der Waals surface area contributed by atoms with Gasteiger partial charge in [0, 0.05) is 50.6 Å². The normalized spacial score (nSPS) is 24.4. The molecule has 3 aliphatic rings. The molecule has 0 spiro atoms. The van der Waals surface area contributed by atoms with Crippen molar-refractivity contribution in [2.45, 2.75) is 33.2 Å². The third-order valence-corrected chi connectivity index (χ3v) is 6.25. The second-order valence-electron chi connectivity index (χ2n) is 8.68. The molecule has 1 N–H and O–H groups in total. The van der Waals surface area contributed by atoms with Crippen molar-refractivity contribution in [3.8, 4) is 0 Å². The van der Waals surface area contributed by atoms with Crippen molar-refractivity contribution >= 4 is 22.6 Å². The van der Waals surface area contributed by atoms with Crippen LogP contribution in [0.2, 0.25) is 0 Å². The highest BCUT2D eigenvalue weighted by atomic mass is 16.3. The van der Waals surface area contributed by atoms with E-state index in [9.17, 15) is 4.79 Å². The number of allylic oxidation sites excluding steroid dienone is 4. The van der Waals surface area contributed by atoms with Crippen molar-refractivity contribution in [2.24, 2.45) is 5.92 Å². The molecule has 1 aromatic heterocycles. The summed E-state index contributed by atoms with van der Waals surface area (Å²) in [5.41, 5.74) is 5.68. The van der Waals surface area contributed by atoms with Crippen molar-refractivity contribution in [1.82, 2.24) is 20.1 Å². The highest BCUT2D eigenvalue weighted by molar-refractivity contribution is 5.98. The first-order valence-corrected chi connectivity index (χ1v) is 11.0. The first-order chi connectivity index (χ1) is 15.0. The topological polar surface area (TPSA) is 61.6 Å². The van der Waals surface area contributed by atoms with Gasteiger partial charge in [0.25, 0.3) is 5.91 Å². The van der Waals surface area contributed by atoms with E-state index < -0.39 is 0 Å². The summed E-state index contributed by atoms with van der Waals surface area (Å²) in [5, 5.41) is 3.47.